The topological polar surface area (TPSA) is 41.9 Å². The summed E-state index contributed by atoms with van der Waals surface area (Å²) in [6, 6.07) is 5.01. The number of hydrogen-bond acceptors (Lipinski definition) is 4. The van der Waals surface area contributed by atoms with Crippen LogP contribution in [0.5, 0.6) is 5.75 Å². The van der Waals surface area contributed by atoms with E-state index in [0.29, 0.717) is 24.8 Å². The molecule has 0 amide bonds. The third kappa shape index (κ3) is 4.40. The Morgan fingerprint density at radius 3 is 2.81 bits per heavy atom. The van der Waals surface area contributed by atoms with Crippen LogP contribution in [-0.4, -0.2) is 48.5 Å². The van der Waals surface area contributed by atoms with Crippen molar-refractivity contribution in [2.45, 2.75) is 39.0 Å². The molecule has 5 heteroatoms. The molecule has 1 aliphatic heterocycles. The van der Waals surface area contributed by atoms with Gasteiger partial charge in [0.1, 0.15) is 12.7 Å². The zero-order valence-electron chi connectivity index (χ0n) is 12.9. The summed E-state index contributed by atoms with van der Waals surface area (Å²) in [6.45, 7) is 8.63. The van der Waals surface area contributed by atoms with Crippen LogP contribution in [0.4, 0.5) is 4.39 Å². The van der Waals surface area contributed by atoms with Crippen LogP contribution < -0.4 is 4.74 Å². The van der Waals surface area contributed by atoms with Crippen molar-refractivity contribution in [3.8, 4) is 5.75 Å². The average molecular weight is 297 g/mol. The maximum absolute atomic E-state index is 13.9. The van der Waals surface area contributed by atoms with Crippen LogP contribution in [0.25, 0.3) is 0 Å². The number of nitrogens with zero attached hydrogens (tertiary/aromatic N) is 1. The van der Waals surface area contributed by atoms with Gasteiger partial charge in [0.25, 0.3) is 0 Å². The fourth-order valence-corrected chi connectivity index (χ4v) is 2.39. The first-order valence-electron chi connectivity index (χ1n) is 7.43. The maximum atomic E-state index is 13.9. The van der Waals surface area contributed by atoms with E-state index in [9.17, 15) is 9.50 Å². The smallest absolute Gasteiger partial charge is 0.165 e. The SMILES string of the molecule is CC(O)c1ccc(OCC2CN(C(C)C)CCO2)c(F)c1. The molecule has 4 nitrogen and oxygen atoms in total. The van der Waals surface area contributed by atoms with E-state index in [2.05, 4.69) is 18.7 Å². The minimum absolute atomic E-state index is 0.0445. The van der Waals surface area contributed by atoms with E-state index in [1.54, 1.807) is 19.1 Å². The number of benzene rings is 1. The van der Waals surface area contributed by atoms with Crippen molar-refractivity contribution >= 4 is 0 Å². The third-order valence-corrected chi connectivity index (χ3v) is 3.76. The number of aliphatic hydroxyl groups excluding tert-OH is 1. The molecule has 1 aliphatic rings. The van der Waals surface area contributed by atoms with Crippen molar-refractivity contribution in [1.82, 2.24) is 4.90 Å². The van der Waals surface area contributed by atoms with E-state index in [-0.39, 0.29) is 11.9 Å². The molecule has 1 aromatic carbocycles. The van der Waals surface area contributed by atoms with Gasteiger partial charge in [-0.1, -0.05) is 6.07 Å². The predicted molar refractivity (Wildman–Crippen MR) is 79.0 cm³/mol. The van der Waals surface area contributed by atoms with E-state index in [1.807, 2.05) is 0 Å². The second-order valence-corrected chi connectivity index (χ2v) is 5.76. The molecular weight excluding hydrogens is 273 g/mol. The van der Waals surface area contributed by atoms with Crippen LogP contribution in [0.15, 0.2) is 18.2 Å². The molecule has 1 aromatic rings. The van der Waals surface area contributed by atoms with E-state index < -0.39 is 11.9 Å². The summed E-state index contributed by atoms with van der Waals surface area (Å²) in [5.41, 5.74) is 0.541. The minimum Gasteiger partial charge on any atom is -0.488 e. The summed E-state index contributed by atoms with van der Waals surface area (Å²) in [4.78, 5) is 2.32. The highest BCUT2D eigenvalue weighted by Gasteiger charge is 2.23. The van der Waals surface area contributed by atoms with Crippen LogP contribution in [0.3, 0.4) is 0 Å². The van der Waals surface area contributed by atoms with E-state index in [0.717, 1.165) is 13.1 Å². The van der Waals surface area contributed by atoms with Gasteiger partial charge in [-0.05, 0) is 38.5 Å². The molecule has 1 N–H and O–H groups in total. The molecule has 118 valence electrons. The second kappa shape index (κ2) is 7.20. The molecule has 1 heterocycles. The number of morpholine rings is 1. The summed E-state index contributed by atoms with van der Waals surface area (Å²) in [5, 5.41) is 9.42. The second-order valence-electron chi connectivity index (χ2n) is 5.76. The molecule has 21 heavy (non-hydrogen) atoms. The van der Waals surface area contributed by atoms with Gasteiger partial charge in [-0.3, -0.25) is 4.90 Å². The lowest BCUT2D eigenvalue weighted by atomic mass is 10.1. The Balaban J connectivity index is 1.91. The summed E-state index contributed by atoms with van der Waals surface area (Å²) in [5.74, 6) is -0.255. The highest BCUT2D eigenvalue weighted by atomic mass is 19.1. The first kappa shape index (κ1) is 16.2. The van der Waals surface area contributed by atoms with Gasteiger partial charge in [0.15, 0.2) is 11.6 Å². The van der Waals surface area contributed by atoms with Crippen LogP contribution in [0.2, 0.25) is 0 Å². The molecule has 0 aromatic heterocycles. The van der Waals surface area contributed by atoms with Gasteiger partial charge in [-0.25, -0.2) is 4.39 Å². The Hall–Kier alpha value is -1.17. The highest BCUT2D eigenvalue weighted by Crippen LogP contribution is 2.22. The zero-order chi connectivity index (χ0) is 15.4. The summed E-state index contributed by atoms with van der Waals surface area (Å²) < 4.78 is 25.1. The number of hydrogen-bond donors (Lipinski definition) is 1. The maximum Gasteiger partial charge on any atom is 0.165 e. The zero-order valence-corrected chi connectivity index (χ0v) is 12.9. The van der Waals surface area contributed by atoms with Crippen molar-refractivity contribution in [2.75, 3.05) is 26.3 Å². The van der Waals surface area contributed by atoms with Gasteiger partial charge in [0, 0.05) is 19.1 Å². The molecule has 0 spiro atoms. The normalized spacial score (nSPS) is 21.5. The van der Waals surface area contributed by atoms with Gasteiger partial charge in [-0.15, -0.1) is 0 Å². The third-order valence-electron chi connectivity index (χ3n) is 3.76. The van der Waals surface area contributed by atoms with Crippen molar-refractivity contribution in [2.24, 2.45) is 0 Å². The molecule has 0 saturated carbocycles. The highest BCUT2D eigenvalue weighted by molar-refractivity contribution is 5.30. The van der Waals surface area contributed by atoms with Crippen LogP contribution in [0, 0.1) is 5.82 Å². The van der Waals surface area contributed by atoms with Crippen LogP contribution >= 0.6 is 0 Å². The molecule has 0 bridgehead atoms. The number of halogens is 1. The first-order valence-corrected chi connectivity index (χ1v) is 7.43. The van der Waals surface area contributed by atoms with E-state index >= 15 is 0 Å². The Kier molecular flexibility index (Phi) is 5.56. The lowest BCUT2D eigenvalue weighted by Gasteiger charge is -2.35. The van der Waals surface area contributed by atoms with Gasteiger partial charge in [0.05, 0.1) is 12.7 Å². The molecule has 0 aliphatic carbocycles. The Bertz CT molecular complexity index is 465. The fourth-order valence-electron chi connectivity index (χ4n) is 2.39. The molecule has 1 fully saturated rings. The van der Waals surface area contributed by atoms with E-state index in [4.69, 9.17) is 9.47 Å². The molecule has 2 unspecified atom stereocenters. The molecular formula is C16H24FNO3. The van der Waals surface area contributed by atoms with Crippen LogP contribution in [0.1, 0.15) is 32.4 Å². The lowest BCUT2D eigenvalue weighted by Crippen LogP contribution is -2.47. The number of rotatable bonds is 5. The predicted octanol–water partition coefficient (Wildman–Crippen LogP) is 2.37. The van der Waals surface area contributed by atoms with Crippen molar-refractivity contribution in [3.63, 3.8) is 0 Å². The largest absolute Gasteiger partial charge is 0.488 e. The fraction of sp³-hybridized carbons (Fsp3) is 0.625. The Morgan fingerprint density at radius 2 is 2.19 bits per heavy atom. The van der Waals surface area contributed by atoms with E-state index in [1.165, 1.54) is 6.07 Å². The van der Waals surface area contributed by atoms with Crippen molar-refractivity contribution < 1.29 is 19.0 Å². The van der Waals surface area contributed by atoms with Gasteiger partial charge >= 0.3 is 0 Å². The summed E-state index contributed by atoms with van der Waals surface area (Å²) in [7, 11) is 0. The Morgan fingerprint density at radius 1 is 1.43 bits per heavy atom. The number of ether oxygens (including phenoxy) is 2. The molecule has 1 saturated heterocycles. The minimum atomic E-state index is -0.685. The number of aliphatic hydroxyl groups is 1. The van der Waals surface area contributed by atoms with Gasteiger partial charge in [-0.2, -0.15) is 0 Å². The van der Waals surface area contributed by atoms with Crippen molar-refractivity contribution in [3.05, 3.63) is 29.6 Å². The Labute approximate surface area is 125 Å². The quantitative estimate of drug-likeness (QED) is 0.906. The standard InChI is InChI=1S/C16H24FNO3/c1-11(2)18-6-7-20-14(9-18)10-21-16-5-4-13(12(3)19)8-15(16)17/h4-5,8,11-12,14,19H,6-7,9-10H2,1-3H3. The molecule has 0 radical (unpaired) electrons. The first-order chi connectivity index (χ1) is 9.97. The van der Waals surface area contributed by atoms with Crippen LogP contribution in [-0.2, 0) is 4.74 Å². The lowest BCUT2D eigenvalue weighted by molar-refractivity contribution is -0.0568. The summed E-state index contributed by atoms with van der Waals surface area (Å²) >= 11 is 0. The monoisotopic (exact) mass is 297 g/mol. The van der Waals surface area contributed by atoms with Crippen molar-refractivity contribution in [1.29, 1.82) is 0 Å². The average Bonchev–Trinajstić information content (AvgIpc) is 2.46. The van der Waals surface area contributed by atoms with Gasteiger partial charge < -0.3 is 14.6 Å². The molecule has 2 rings (SSSR count). The summed E-state index contributed by atoms with van der Waals surface area (Å²) in [6.07, 6.45) is -0.730. The van der Waals surface area contributed by atoms with Gasteiger partial charge in [0.2, 0.25) is 0 Å². The molecule has 2 atom stereocenters.